The summed E-state index contributed by atoms with van der Waals surface area (Å²) in [6.07, 6.45) is -0.779. The Hall–Kier alpha value is -0.640. The molecule has 82 valence electrons. The minimum Gasteiger partial charge on any atom is -0.445 e. The third-order valence-corrected chi connectivity index (χ3v) is 1.74. The largest absolute Gasteiger partial charge is 0.445 e. The summed E-state index contributed by atoms with van der Waals surface area (Å²) >= 11 is 16.0. The van der Waals surface area contributed by atoms with Gasteiger partial charge in [-0.3, -0.25) is 5.32 Å². The summed E-state index contributed by atoms with van der Waals surface area (Å²) < 4.78 is 2.96. The number of nitrogens with one attached hydrogen (secondary N) is 1. The quantitative estimate of drug-likeness (QED) is 0.660. The number of ether oxygens (including phenoxy) is 1. The van der Waals surface area contributed by atoms with Gasteiger partial charge in [0.05, 0.1) is 0 Å². The second kappa shape index (κ2) is 5.45. The number of alkyl halides is 3. The first-order chi connectivity index (χ1) is 6.97. The van der Waals surface area contributed by atoms with Gasteiger partial charge in [-0.05, 0) is 5.56 Å². The van der Waals surface area contributed by atoms with Crippen LogP contribution in [-0.4, -0.2) is 10.0 Å². The molecule has 0 atom stereocenters. The summed E-state index contributed by atoms with van der Waals surface area (Å²) in [5, 5.41) is 2.02. The lowest BCUT2D eigenvalue weighted by atomic mass is 10.2. The Morgan fingerprint density at radius 1 is 1.27 bits per heavy atom. The number of hydrogen-bond donors (Lipinski definition) is 1. The highest BCUT2D eigenvalue weighted by Gasteiger charge is 2.22. The molecule has 6 heteroatoms. The Labute approximate surface area is 102 Å². The summed E-state index contributed by atoms with van der Waals surface area (Å²) in [4.78, 5) is 11.0. The number of amides is 1. The first-order valence-corrected chi connectivity index (χ1v) is 5.16. The Morgan fingerprint density at radius 3 is 2.40 bits per heavy atom. The maximum absolute atomic E-state index is 11.0. The summed E-state index contributed by atoms with van der Waals surface area (Å²) in [6.45, 7) is 0.132. The predicted octanol–water partition coefficient (Wildman–Crippen LogP) is 3.24. The lowest BCUT2D eigenvalue weighted by Crippen LogP contribution is -2.34. The highest BCUT2D eigenvalue weighted by Crippen LogP contribution is 2.21. The molecule has 0 saturated heterocycles. The topological polar surface area (TPSA) is 38.3 Å². The lowest BCUT2D eigenvalue weighted by Gasteiger charge is -2.12. The number of halogens is 3. The molecule has 0 radical (unpaired) electrons. The molecule has 1 aromatic carbocycles. The average molecular weight is 269 g/mol. The first kappa shape index (κ1) is 12.4. The summed E-state index contributed by atoms with van der Waals surface area (Å²) in [6, 6.07) is 9.19. The van der Waals surface area contributed by atoms with E-state index in [1.165, 1.54) is 0 Å². The predicted molar refractivity (Wildman–Crippen MR) is 60.1 cm³/mol. The second-order valence-corrected chi connectivity index (χ2v) is 4.97. The van der Waals surface area contributed by atoms with Crippen molar-refractivity contribution in [3.05, 3.63) is 35.9 Å². The van der Waals surface area contributed by atoms with E-state index in [1.807, 2.05) is 35.6 Å². The molecule has 1 aromatic rings. The van der Waals surface area contributed by atoms with Gasteiger partial charge in [-0.2, -0.15) is 0 Å². The van der Waals surface area contributed by atoms with Crippen LogP contribution in [-0.2, 0) is 11.3 Å². The van der Waals surface area contributed by atoms with Crippen LogP contribution < -0.4 is 5.32 Å². The highest BCUT2D eigenvalue weighted by molar-refractivity contribution is 6.67. The molecule has 0 heterocycles. The van der Waals surface area contributed by atoms with Gasteiger partial charge in [0, 0.05) is 0 Å². The molecule has 1 amide bonds. The van der Waals surface area contributed by atoms with Crippen LogP contribution in [0.15, 0.2) is 30.3 Å². The maximum atomic E-state index is 11.0. The smallest absolute Gasteiger partial charge is 0.410 e. The van der Waals surface area contributed by atoms with Gasteiger partial charge in [-0.15, -0.1) is 0 Å². The fourth-order valence-corrected chi connectivity index (χ4v) is 1.11. The third kappa shape index (κ3) is 5.72. The van der Waals surface area contributed by atoms with Gasteiger partial charge in [-0.25, -0.2) is 4.79 Å². The number of carbonyl (C=O) groups is 1. The fourth-order valence-electron chi connectivity index (χ4n) is 0.875. The van der Waals surface area contributed by atoms with E-state index in [1.54, 1.807) is 0 Å². The van der Waals surface area contributed by atoms with E-state index in [0.29, 0.717) is 0 Å². The molecule has 1 N–H and O–H groups in total. The molecule has 3 nitrogen and oxygen atoms in total. The third-order valence-electron chi connectivity index (χ3n) is 1.46. The van der Waals surface area contributed by atoms with Crippen LogP contribution in [0.2, 0.25) is 0 Å². The molecule has 15 heavy (non-hydrogen) atoms. The summed E-state index contributed by atoms with van der Waals surface area (Å²) in [5.74, 6) is 0. The zero-order valence-corrected chi connectivity index (χ0v) is 9.81. The zero-order chi connectivity index (χ0) is 11.3. The molecular weight excluding hydrogens is 260 g/mol. The van der Waals surface area contributed by atoms with Crippen LogP contribution in [0.4, 0.5) is 4.79 Å². The normalized spacial score (nSPS) is 10.9. The van der Waals surface area contributed by atoms with Crippen molar-refractivity contribution in [2.24, 2.45) is 0 Å². The van der Waals surface area contributed by atoms with Crippen LogP contribution in [0.5, 0.6) is 0 Å². The molecule has 0 aliphatic carbocycles. The SMILES string of the molecule is O=C(NC(Cl)(Cl)Cl)OCc1ccccc1. The minimum atomic E-state index is -1.84. The van der Waals surface area contributed by atoms with Crippen molar-refractivity contribution >= 4 is 40.9 Å². The molecule has 1 rings (SSSR count). The Kier molecular flexibility index (Phi) is 4.51. The van der Waals surface area contributed by atoms with Crippen molar-refractivity contribution in [3.8, 4) is 0 Å². The molecule has 0 saturated carbocycles. The monoisotopic (exact) mass is 267 g/mol. The summed E-state index contributed by atoms with van der Waals surface area (Å²) in [7, 11) is 0. The van der Waals surface area contributed by atoms with E-state index in [4.69, 9.17) is 39.5 Å². The molecule has 0 fully saturated rings. The molecule has 0 aliphatic rings. The summed E-state index contributed by atoms with van der Waals surface area (Å²) in [5.41, 5.74) is 0.858. The molecule has 0 aliphatic heterocycles. The minimum absolute atomic E-state index is 0.132. The van der Waals surface area contributed by atoms with Gasteiger partial charge >= 0.3 is 6.09 Å². The average Bonchev–Trinajstić information content (AvgIpc) is 2.14. The zero-order valence-electron chi connectivity index (χ0n) is 7.54. The number of rotatable bonds is 2. The molecule has 0 bridgehead atoms. The fraction of sp³-hybridized carbons (Fsp3) is 0.222. The van der Waals surface area contributed by atoms with E-state index < -0.39 is 10.0 Å². The van der Waals surface area contributed by atoms with Gasteiger partial charge in [0.15, 0.2) is 0 Å². The standard InChI is InChI=1S/C9H8Cl3NO2/c10-9(11,12)13-8(14)15-6-7-4-2-1-3-5-7/h1-5H,6H2,(H,13,14). The molecule has 0 aromatic heterocycles. The van der Waals surface area contributed by atoms with Gasteiger partial charge < -0.3 is 4.74 Å². The molecular formula is C9H8Cl3NO2. The van der Waals surface area contributed by atoms with Gasteiger partial charge in [-0.1, -0.05) is 65.1 Å². The second-order valence-electron chi connectivity index (χ2n) is 2.68. The number of benzene rings is 1. The Morgan fingerprint density at radius 2 is 1.87 bits per heavy atom. The van der Waals surface area contributed by atoms with Crippen LogP contribution in [0, 0.1) is 0 Å². The van der Waals surface area contributed by atoms with Crippen molar-refractivity contribution in [2.75, 3.05) is 0 Å². The molecule has 0 spiro atoms. The van der Waals surface area contributed by atoms with E-state index in [-0.39, 0.29) is 6.61 Å². The Bertz CT molecular complexity index is 324. The maximum Gasteiger partial charge on any atom is 0.410 e. The van der Waals surface area contributed by atoms with Crippen molar-refractivity contribution in [1.29, 1.82) is 0 Å². The van der Waals surface area contributed by atoms with Crippen molar-refractivity contribution < 1.29 is 9.53 Å². The van der Waals surface area contributed by atoms with E-state index in [0.717, 1.165) is 5.56 Å². The van der Waals surface area contributed by atoms with Crippen LogP contribution in [0.3, 0.4) is 0 Å². The van der Waals surface area contributed by atoms with Gasteiger partial charge in [0.1, 0.15) is 6.61 Å². The van der Waals surface area contributed by atoms with Crippen LogP contribution in [0.25, 0.3) is 0 Å². The van der Waals surface area contributed by atoms with Crippen molar-refractivity contribution in [3.63, 3.8) is 0 Å². The van der Waals surface area contributed by atoms with Gasteiger partial charge in [0.25, 0.3) is 3.92 Å². The van der Waals surface area contributed by atoms with E-state index in [9.17, 15) is 4.79 Å². The number of hydrogen-bond acceptors (Lipinski definition) is 2. The van der Waals surface area contributed by atoms with E-state index >= 15 is 0 Å². The van der Waals surface area contributed by atoms with E-state index in [2.05, 4.69) is 0 Å². The number of alkyl carbamates (subject to hydrolysis) is 1. The van der Waals surface area contributed by atoms with Gasteiger partial charge in [0.2, 0.25) is 0 Å². The van der Waals surface area contributed by atoms with Crippen LogP contribution in [0.1, 0.15) is 5.56 Å². The van der Waals surface area contributed by atoms with Crippen molar-refractivity contribution in [2.45, 2.75) is 10.5 Å². The van der Waals surface area contributed by atoms with Crippen LogP contribution >= 0.6 is 34.8 Å². The van der Waals surface area contributed by atoms with Crippen molar-refractivity contribution in [1.82, 2.24) is 5.32 Å². The first-order valence-electron chi connectivity index (χ1n) is 4.03. The number of carbonyl (C=O) groups excluding carboxylic acids is 1. The lowest BCUT2D eigenvalue weighted by molar-refractivity contribution is 0.139. The highest BCUT2D eigenvalue weighted by atomic mass is 35.6. The molecule has 0 unspecified atom stereocenters. The Balaban J connectivity index is 2.35.